The van der Waals surface area contributed by atoms with E-state index in [1.807, 2.05) is 0 Å². The van der Waals surface area contributed by atoms with Crippen molar-refractivity contribution in [2.75, 3.05) is 7.11 Å². The van der Waals surface area contributed by atoms with Crippen molar-refractivity contribution in [1.29, 1.82) is 0 Å². The van der Waals surface area contributed by atoms with E-state index in [0.29, 0.717) is 11.8 Å². The van der Waals surface area contributed by atoms with E-state index in [-0.39, 0.29) is 5.97 Å². The molecule has 0 saturated carbocycles. The standard InChI is InChI=1S/C26H52O2/c1-5-7-9-11-13-15-17-19-22-26(3,24-21-25(27)28-4)23-20-18-16-14-12-10-8-6-2/h5-24H2,1-4H3. The normalized spacial score (nSPS) is 11.7. The number of ether oxygens (including phenoxy) is 1. The van der Waals surface area contributed by atoms with Crippen molar-refractivity contribution >= 4 is 5.97 Å². The van der Waals surface area contributed by atoms with Gasteiger partial charge in [-0.3, -0.25) is 4.79 Å². The van der Waals surface area contributed by atoms with Crippen LogP contribution in [0.2, 0.25) is 0 Å². The molecule has 0 unspecified atom stereocenters. The van der Waals surface area contributed by atoms with Crippen LogP contribution in [0.25, 0.3) is 0 Å². The number of carbonyl (C=O) groups excluding carboxylic acids is 1. The molecule has 0 spiro atoms. The zero-order chi connectivity index (χ0) is 20.9. The lowest BCUT2D eigenvalue weighted by molar-refractivity contribution is -0.141. The van der Waals surface area contributed by atoms with Gasteiger partial charge in [-0.2, -0.15) is 0 Å². The van der Waals surface area contributed by atoms with Crippen molar-refractivity contribution in [3.8, 4) is 0 Å². The minimum atomic E-state index is -0.0435. The number of methoxy groups -OCH3 is 1. The Hall–Kier alpha value is -0.530. The number of hydrogen-bond acceptors (Lipinski definition) is 2. The topological polar surface area (TPSA) is 26.3 Å². The van der Waals surface area contributed by atoms with Crippen molar-refractivity contribution in [2.45, 2.75) is 149 Å². The Morgan fingerprint density at radius 2 is 0.964 bits per heavy atom. The second kappa shape index (κ2) is 19.8. The number of carbonyl (C=O) groups is 1. The minimum absolute atomic E-state index is 0.0435. The molecule has 0 heterocycles. The van der Waals surface area contributed by atoms with E-state index in [9.17, 15) is 4.79 Å². The summed E-state index contributed by atoms with van der Waals surface area (Å²) >= 11 is 0. The smallest absolute Gasteiger partial charge is 0.305 e. The van der Waals surface area contributed by atoms with Gasteiger partial charge >= 0.3 is 5.97 Å². The van der Waals surface area contributed by atoms with Crippen molar-refractivity contribution < 1.29 is 9.53 Å². The average molecular weight is 397 g/mol. The highest BCUT2D eigenvalue weighted by Crippen LogP contribution is 2.36. The number of hydrogen-bond donors (Lipinski definition) is 0. The Balaban J connectivity index is 4.02. The molecule has 0 bridgehead atoms. The molecular weight excluding hydrogens is 344 g/mol. The van der Waals surface area contributed by atoms with E-state index in [1.54, 1.807) is 0 Å². The van der Waals surface area contributed by atoms with Gasteiger partial charge in [-0.1, -0.05) is 124 Å². The average Bonchev–Trinajstić information content (AvgIpc) is 2.70. The monoisotopic (exact) mass is 396 g/mol. The molecular formula is C26H52O2. The highest BCUT2D eigenvalue weighted by molar-refractivity contribution is 5.69. The van der Waals surface area contributed by atoms with Crippen LogP contribution in [0.4, 0.5) is 0 Å². The van der Waals surface area contributed by atoms with Crippen LogP contribution >= 0.6 is 0 Å². The van der Waals surface area contributed by atoms with Gasteiger partial charge in [0.1, 0.15) is 0 Å². The molecule has 0 aliphatic heterocycles. The van der Waals surface area contributed by atoms with E-state index in [0.717, 1.165) is 6.42 Å². The van der Waals surface area contributed by atoms with Crippen LogP contribution in [0, 0.1) is 5.41 Å². The van der Waals surface area contributed by atoms with Gasteiger partial charge in [0, 0.05) is 6.42 Å². The van der Waals surface area contributed by atoms with Gasteiger partial charge in [-0.05, 0) is 24.7 Å². The molecule has 0 aliphatic rings. The molecule has 0 atom stereocenters. The van der Waals surface area contributed by atoms with Crippen LogP contribution in [0.15, 0.2) is 0 Å². The second-order valence-electron chi connectivity index (χ2n) is 9.34. The molecule has 0 aliphatic carbocycles. The summed E-state index contributed by atoms with van der Waals surface area (Å²) in [5.74, 6) is -0.0435. The third-order valence-corrected chi connectivity index (χ3v) is 6.43. The first-order valence-corrected chi connectivity index (χ1v) is 12.6. The molecule has 0 N–H and O–H groups in total. The molecule has 0 aromatic heterocycles. The molecule has 0 aromatic rings. The maximum Gasteiger partial charge on any atom is 0.305 e. The number of unbranched alkanes of at least 4 members (excludes halogenated alkanes) is 14. The summed E-state index contributed by atoms with van der Waals surface area (Å²) in [7, 11) is 1.51. The van der Waals surface area contributed by atoms with Crippen LogP contribution < -0.4 is 0 Å². The van der Waals surface area contributed by atoms with Gasteiger partial charge in [-0.15, -0.1) is 0 Å². The van der Waals surface area contributed by atoms with Gasteiger partial charge in [0.25, 0.3) is 0 Å². The summed E-state index contributed by atoms with van der Waals surface area (Å²) in [5, 5.41) is 0. The molecule has 2 nitrogen and oxygen atoms in total. The van der Waals surface area contributed by atoms with Gasteiger partial charge in [-0.25, -0.2) is 0 Å². The Morgan fingerprint density at radius 1 is 0.607 bits per heavy atom. The fourth-order valence-electron chi connectivity index (χ4n) is 4.25. The van der Waals surface area contributed by atoms with Crippen molar-refractivity contribution in [3.05, 3.63) is 0 Å². The zero-order valence-electron chi connectivity index (χ0n) is 20.0. The predicted molar refractivity (Wildman–Crippen MR) is 124 cm³/mol. The van der Waals surface area contributed by atoms with E-state index >= 15 is 0 Å². The first kappa shape index (κ1) is 27.5. The highest BCUT2D eigenvalue weighted by atomic mass is 16.5. The summed E-state index contributed by atoms with van der Waals surface area (Å²) in [4.78, 5) is 11.6. The maximum absolute atomic E-state index is 11.6. The number of rotatable bonds is 21. The second-order valence-corrected chi connectivity index (χ2v) is 9.34. The molecule has 0 saturated heterocycles. The Morgan fingerprint density at radius 3 is 1.32 bits per heavy atom. The Kier molecular flexibility index (Phi) is 19.4. The lowest BCUT2D eigenvalue weighted by Gasteiger charge is -2.30. The molecule has 0 radical (unpaired) electrons. The third-order valence-electron chi connectivity index (χ3n) is 6.43. The molecule has 168 valence electrons. The van der Waals surface area contributed by atoms with Gasteiger partial charge < -0.3 is 4.74 Å². The van der Waals surface area contributed by atoms with Crippen LogP contribution in [-0.2, 0) is 9.53 Å². The molecule has 0 aromatic carbocycles. The van der Waals surface area contributed by atoms with E-state index in [2.05, 4.69) is 20.8 Å². The summed E-state index contributed by atoms with van der Waals surface area (Å²) < 4.78 is 4.89. The molecule has 0 fully saturated rings. The molecule has 28 heavy (non-hydrogen) atoms. The van der Waals surface area contributed by atoms with Crippen molar-refractivity contribution in [2.24, 2.45) is 5.41 Å². The summed E-state index contributed by atoms with van der Waals surface area (Å²) in [6, 6.07) is 0. The molecule has 0 amide bonds. The summed E-state index contributed by atoms with van der Waals surface area (Å²) in [6.07, 6.45) is 26.1. The first-order chi connectivity index (χ1) is 13.6. The Labute approximate surface area is 177 Å². The fraction of sp³-hybridized carbons (Fsp3) is 0.962. The van der Waals surface area contributed by atoms with Crippen LogP contribution in [0.1, 0.15) is 149 Å². The van der Waals surface area contributed by atoms with Crippen molar-refractivity contribution in [1.82, 2.24) is 0 Å². The molecule has 0 rings (SSSR count). The van der Waals surface area contributed by atoms with Crippen LogP contribution in [-0.4, -0.2) is 13.1 Å². The van der Waals surface area contributed by atoms with Gasteiger partial charge in [0.15, 0.2) is 0 Å². The van der Waals surface area contributed by atoms with Gasteiger partial charge in [0.2, 0.25) is 0 Å². The maximum atomic E-state index is 11.6. The largest absolute Gasteiger partial charge is 0.469 e. The highest BCUT2D eigenvalue weighted by Gasteiger charge is 2.24. The van der Waals surface area contributed by atoms with E-state index < -0.39 is 0 Å². The summed E-state index contributed by atoms with van der Waals surface area (Å²) in [5.41, 5.74) is 0.318. The fourth-order valence-corrected chi connectivity index (χ4v) is 4.25. The zero-order valence-corrected chi connectivity index (χ0v) is 20.0. The minimum Gasteiger partial charge on any atom is -0.469 e. The van der Waals surface area contributed by atoms with E-state index in [1.165, 1.54) is 123 Å². The Bertz CT molecular complexity index is 317. The molecule has 2 heteroatoms. The quantitative estimate of drug-likeness (QED) is 0.143. The third kappa shape index (κ3) is 17.6. The van der Waals surface area contributed by atoms with Crippen LogP contribution in [0.5, 0.6) is 0 Å². The predicted octanol–water partition coefficient (Wildman–Crippen LogP) is 9.01. The summed E-state index contributed by atoms with van der Waals surface area (Å²) in [6.45, 7) is 6.97. The van der Waals surface area contributed by atoms with E-state index in [4.69, 9.17) is 4.74 Å². The first-order valence-electron chi connectivity index (χ1n) is 12.6. The lowest BCUT2D eigenvalue weighted by Crippen LogP contribution is -2.19. The number of esters is 1. The van der Waals surface area contributed by atoms with Crippen LogP contribution in [0.3, 0.4) is 0 Å². The van der Waals surface area contributed by atoms with Gasteiger partial charge in [0.05, 0.1) is 7.11 Å². The SMILES string of the molecule is CCCCCCCCCCC(C)(CCCCCCCCCC)CCC(=O)OC. The van der Waals surface area contributed by atoms with Crippen molar-refractivity contribution in [3.63, 3.8) is 0 Å². The lowest BCUT2D eigenvalue weighted by atomic mass is 9.76.